The molecule has 0 bridgehead atoms. The van der Waals surface area contributed by atoms with Crippen molar-refractivity contribution >= 4 is 11.3 Å². The first-order valence-electron chi connectivity index (χ1n) is 6.23. The van der Waals surface area contributed by atoms with Crippen molar-refractivity contribution in [1.29, 1.82) is 0 Å². The molecule has 1 aromatic heterocycles. The molecule has 1 aliphatic heterocycles. The van der Waals surface area contributed by atoms with Crippen LogP contribution < -0.4 is 9.47 Å². The quantitative estimate of drug-likeness (QED) is 0.917. The van der Waals surface area contributed by atoms with Crippen molar-refractivity contribution < 1.29 is 14.6 Å². The highest BCUT2D eigenvalue weighted by Crippen LogP contribution is 2.34. The van der Waals surface area contributed by atoms with Crippen molar-refractivity contribution in [3.8, 4) is 11.5 Å². The summed E-state index contributed by atoms with van der Waals surface area (Å²) >= 11 is 1.46. The van der Waals surface area contributed by atoms with Crippen molar-refractivity contribution in [2.24, 2.45) is 0 Å². The predicted octanol–water partition coefficient (Wildman–Crippen LogP) is 2.69. The first-order chi connectivity index (χ1) is 9.24. The van der Waals surface area contributed by atoms with Crippen molar-refractivity contribution in [1.82, 2.24) is 4.98 Å². The maximum Gasteiger partial charge on any atom is 0.161 e. The zero-order chi connectivity index (χ0) is 13.2. The fourth-order valence-corrected chi connectivity index (χ4v) is 2.80. The number of ether oxygens (including phenoxy) is 2. The summed E-state index contributed by atoms with van der Waals surface area (Å²) in [5.74, 6) is 1.44. The summed E-state index contributed by atoms with van der Waals surface area (Å²) in [6.45, 7) is 3.23. The van der Waals surface area contributed by atoms with Gasteiger partial charge in [0.25, 0.3) is 0 Å². The van der Waals surface area contributed by atoms with Gasteiger partial charge in [-0.15, -0.1) is 11.3 Å². The molecule has 4 nitrogen and oxygen atoms in total. The summed E-state index contributed by atoms with van der Waals surface area (Å²) in [6, 6.07) is 5.54. The highest BCUT2D eigenvalue weighted by molar-refractivity contribution is 7.09. The van der Waals surface area contributed by atoms with Crippen LogP contribution in [0.5, 0.6) is 11.5 Å². The lowest BCUT2D eigenvalue weighted by atomic mass is 10.1. The molecule has 2 heterocycles. The molecule has 1 aromatic carbocycles. The van der Waals surface area contributed by atoms with Crippen molar-refractivity contribution in [2.75, 3.05) is 13.2 Å². The second-order valence-corrected chi connectivity index (χ2v) is 5.38. The highest BCUT2D eigenvalue weighted by Gasteiger charge is 2.18. The van der Waals surface area contributed by atoms with E-state index in [4.69, 9.17) is 9.47 Å². The predicted molar refractivity (Wildman–Crippen MR) is 73.0 cm³/mol. The summed E-state index contributed by atoms with van der Waals surface area (Å²) in [5.41, 5.74) is 1.70. The number of aliphatic hydroxyl groups is 1. The van der Waals surface area contributed by atoms with Crippen LogP contribution in [-0.2, 0) is 0 Å². The monoisotopic (exact) mass is 277 g/mol. The molecule has 0 spiro atoms. The zero-order valence-electron chi connectivity index (χ0n) is 10.6. The Hall–Kier alpha value is -1.59. The zero-order valence-corrected chi connectivity index (χ0v) is 11.4. The van der Waals surface area contributed by atoms with Gasteiger partial charge < -0.3 is 14.6 Å². The van der Waals surface area contributed by atoms with E-state index in [1.54, 1.807) is 0 Å². The molecule has 0 radical (unpaired) electrons. The van der Waals surface area contributed by atoms with E-state index >= 15 is 0 Å². The molecule has 0 saturated carbocycles. The van der Waals surface area contributed by atoms with E-state index in [1.165, 1.54) is 11.3 Å². The lowest BCUT2D eigenvalue weighted by Gasteiger charge is -2.12. The van der Waals surface area contributed by atoms with Gasteiger partial charge in [0, 0.05) is 17.5 Å². The normalized spacial score (nSPS) is 15.9. The average Bonchev–Trinajstić information content (AvgIpc) is 2.72. The van der Waals surface area contributed by atoms with Crippen LogP contribution in [0.1, 0.15) is 28.8 Å². The largest absolute Gasteiger partial charge is 0.490 e. The fraction of sp³-hybridized carbons (Fsp3) is 0.357. The Morgan fingerprint density at radius 3 is 2.79 bits per heavy atom. The minimum Gasteiger partial charge on any atom is -0.490 e. The van der Waals surface area contributed by atoms with E-state index in [0.29, 0.717) is 24.0 Å². The van der Waals surface area contributed by atoms with E-state index < -0.39 is 6.10 Å². The Morgan fingerprint density at radius 1 is 1.26 bits per heavy atom. The van der Waals surface area contributed by atoms with Crippen molar-refractivity contribution in [2.45, 2.75) is 19.4 Å². The molecule has 19 heavy (non-hydrogen) atoms. The van der Waals surface area contributed by atoms with Gasteiger partial charge in [-0.05, 0) is 24.6 Å². The number of aliphatic hydroxyl groups excluding tert-OH is 1. The Morgan fingerprint density at radius 2 is 2.05 bits per heavy atom. The third-order valence-corrected chi connectivity index (χ3v) is 3.97. The maximum absolute atomic E-state index is 10.3. The Labute approximate surface area is 115 Å². The van der Waals surface area contributed by atoms with Crippen LogP contribution in [0.3, 0.4) is 0 Å². The number of aromatic nitrogens is 1. The molecular weight excluding hydrogens is 262 g/mol. The Bertz CT molecular complexity index is 582. The number of hydrogen-bond donors (Lipinski definition) is 1. The van der Waals surface area contributed by atoms with Gasteiger partial charge in [-0.3, -0.25) is 0 Å². The SMILES string of the molecule is Cc1csc(C(O)c2ccc3c(c2)OCCCO3)n1. The highest BCUT2D eigenvalue weighted by atomic mass is 32.1. The first-order valence-corrected chi connectivity index (χ1v) is 7.11. The minimum atomic E-state index is -0.712. The molecule has 3 rings (SSSR count). The van der Waals surface area contributed by atoms with Gasteiger partial charge in [0.2, 0.25) is 0 Å². The molecule has 5 heteroatoms. The van der Waals surface area contributed by atoms with Gasteiger partial charge in [0.15, 0.2) is 11.5 Å². The van der Waals surface area contributed by atoms with E-state index in [1.807, 2.05) is 30.5 Å². The van der Waals surface area contributed by atoms with Crippen LogP contribution >= 0.6 is 11.3 Å². The second kappa shape index (κ2) is 5.19. The number of rotatable bonds is 2. The van der Waals surface area contributed by atoms with Crippen LogP contribution in [0.25, 0.3) is 0 Å². The number of nitrogens with zero attached hydrogens (tertiary/aromatic N) is 1. The van der Waals surface area contributed by atoms with Crippen LogP contribution in [0.15, 0.2) is 23.6 Å². The van der Waals surface area contributed by atoms with Gasteiger partial charge in [-0.1, -0.05) is 6.07 Å². The molecule has 0 amide bonds. The molecule has 1 unspecified atom stereocenters. The van der Waals surface area contributed by atoms with Crippen LogP contribution in [0.2, 0.25) is 0 Å². The third kappa shape index (κ3) is 2.57. The first kappa shape index (κ1) is 12.4. The van der Waals surface area contributed by atoms with E-state index in [0.717, 1.165) is 23.4 Å². The Kier molecular flexibility index (Phi) is 3.40. The Balaban J connectivity index is 1.91. The lowest BCUT2D eigenvalue weighted by Crippen LogP contribution is -2.00. The van der Waals surface area contributed by atoms with E-state index in [9.17, 15) is 5.11 Å². The van der Waals surface area contributed by atoms with Gasteiger partial charge in [-0.25, -0.2) is 4.98 Å². The summed E-state index contributed by atoms with van der Waals surface area (Å²) < 4.78 is 11.2. The lowest BCUT2D eigenvalue weighted by molar-refractivity contribution is 0.218. The summed E-state index contributed by atoms with van der Waals surface area (Å²) in [4.78, 5) is 4.31. The maximum atomic E-state index is 10.3. The fourth-order valence-electron chi connectivity index (χ4n) is 1.99. The van der Waals surface area contributed by atoms with E-state index in [2.05, 4.69) is 4.98 Å². The van der Waals surface area contributed by atoms with E-state index in [-0.39, 0.29) is 0 Å². The number of thiazole rings is 1. The van der Waals surface area contributed by atoms with Crippen molar-refractivity contribution in [3.05, 3.63) is 39.8 Å². The van der Waals surface area contributed by atoms with Crippen LogP contribution in [0, 0.1) is 6.92 Å². The standard InChI is InChI=1S/C14H15NO3S/c1-9-8-19-14(15-9)13(16)10-3-4-11-12(7-10)18-6-2-5-17-11/h3-4,7-8,13,16H,2,5-6H2,1H3. The van der Waals surface area contributed by atoms with Crippen LogP contribution in [-0.4, -0.2) is 23.3 Å². The molecule has 1 atom stereocenters. The second-order valence-electron chi connectivity index (χ2n) is 4.49. The van der Waals surface area contributed by atoms with Crippen molar-refractivity contribution in [3.63, 3.8) is 0 Å². The molecule has 0 fully saturated rings. The summed E-state index contributed by atoms with van der Waals surface area (Å²) in [7, 11) is 0. The molecule has 0 saturated heterocycles. The van der Waals surface area contributed by atoms with Crippen LogP contribution in [0.4, 0.5) is 0 Å². The third-order valence-electron chi connectivity index (χ3n) is 2.96. The van der Waals surface area contributed by atoms with Gasteiger partial charge in [-0.2, -0.15) is 0 Å². The average molecular weight is 277 g/mol. The summed E-state index contributed by atoms with van der Waals surface area (Å²) in [6.07, 6.45) is 0.161. The number of aryl methyl sites for hydroxylation is 1. The number of benzene rings is 1. The number of hydrogen-bond acceptors (Lipinski definition) is 5. The number of fused-ring (bicyclic) bond motifs is 1. The minimum absolute atomic E-state index is 0.642. The molecule has 0 aliphatic carbocycles. The molecule has 1 aliphatic rings. The van der Waals surface area contributed by atoms with Gasteiger partial charge in [0.05, 0.1) is 13.2 Å². The van der Waals surface area contributed by atoms with Gasteiger partial charge in [0.1, 0.15) is 11.1 Å². The molecule has 2 aromatic rings. The summed E-state index contributed by atoms with van der Waals surface area (Å²) in [5, 5.41) is 13.0. The van der Waals surface area contributed by atoms with Gasteiger partial charge >= 0.3 is 0 Å². The molecule has 1 N–H and O–H groups in total. The topological polar surface area (TPSA) is 51.6 Å². The smallest absolute Gasteiger partial charge is 0.161 e. The molecule has 100 valence electrons. The molecular formula is C14H15NO3S.